The van der Waals surface area contributed by atoms with Crippen LogP contribution in [0.15, 0.2) is 11.0 Å². The van der Waals surface area contributed by atoms with Crippen molar-refractivity contribution in [3.63, 3.8) is 0 Å². The van der Waals surface area contributed by atoms with Gasteiger partial charge in [-0.1, -0.05) is 20.3 Å². The highest BCUT2D eigenvalue weighted by Crippen LogP contribution is 2.42. The number of hydrogen-bond acceptors (Lipinski definition) is 6. The Hall–Kier alpha value is -1.52. The minimum atomic E-state index is -4.19. The summed E-state index contributed by atoms with van der Waals surface area (Å²) >= 11 is 1.43. The number of rotatable bonds is 6. The molecular formula is C17H24FN3O4S2. The quantitative estimate of drug-likeness (QED) is 0.652. The molecule has 7 nitrogen and oxygen atoms in total. The van der Waals surface area contributed by atoms with Gasteiger partial charge in [0, 0.05) is 22.3 Å². The van der Waals surface area contributed by atoms with E-state index in [2.05, 4.69) is 19.2 Å². The van der Waals surface area contributed by atoms with Gasteiger partial charge < -0.3 is 10.4 Å². The zero-order chi connectivity index (χ0) is 19.8. The molecular weight excluding hydrogens is 393 g/mol. The number of halogens is 1. The zero-order valence-electron chi connectivity index (χ0n) is 15.3. The lowest BCUT2D eigenvalue weighted by Crippen LogP contribution is -2.37. The molecule has 27 heavy (non-hydrogen) atoms. The maximum atomic E-state index is 15.2. The van der Waals surface area contributed by atoms with Gasteiger partial charge in [0.25, 0.3) is 5.91 Å². The summed E-state index contributed by atoms with van der Waals surface area (Å²) in [6.45, 7) is 4.62. The fourth-order valence-electron chi connectivity index (χ4n) is 3.21. The second-order valence-electron chi connectivity index (χ2n) is 7.04. The van der Waals surface area contributed by atoms with Gasteiger partial charge in [-0.25, -0.2) is 13.4 Å². The molecule has 1 amide bonds. The van der Waals surface area contributed by atoms with Crippen LogP contribution in [0.3, 0.4) is 0 Å². The molecule has 2 aliphatic heterocycles. The molecule has 1 saturated heterocycles. The first-order chi connectivity index (χ1) is 12.7. The van der Waals surface area contributed by atoms with E-state index < -0.39 is 39.9 Å². The molecule has 0 aromatic heterocycles. The lowest BCUT2D eigenvalue weighted by atomic mass is 10.0. The Balaban J connectivity index is 1.83. The lowest BCUT2D eigenvalue weighted by molar-refractivity contribution is -0.117. The van der Waals surface area contributed by atoms with Gasteiger partial charge in [0.05, 0.1) is 0 Å². The van der Waals surface area contributed by atoms with E-state index in [1.54, 1.807) is 4.72 Å². The highest BCUT2D eigenvalue weighted by Gasteiger charge is 2.39. The fourth-order valence-corrected chi connectivity index (χ4v) is 5.53. The number of carbonyl (C=O) groups excluding carboxylic acids is 1. The van der Waals surface area contributed by atoms with Crippen LogP contribution in [-0.4, -0.2) is 44.3 Å². The summed E-state index contributed by atoms with van der Waals surface area (Å²) < 4.78 is 41.6. The number of amides is 1. The third-order valence-corrected chi connectivity index (χ3v) is 7.63. The van der Waals surface area contributed by atoms with Crippen molar-refractivity contribution in [3.05, 3.63) is 17.4 Å². The second-order valence-corrected chi connectivity index (χ2v) is 9.70. The Labute approximate surface area is 162 Å². The van der Waals surface area contributed by atoms with Gasteiger partial charge in [0.2, 0.25) is 0 Å². The van der Waals surface area contributed by atoms with E-state index in [0.717, 1.165) is 25.1 Å². The molecule has 1 aromatic carbocycles. The number of fused-ring (bicyclic) bond motifs is 1. The predicted molar refractivity (Wildman–Crippen MR) is 103 cm³/mol. The molecule has 1 unspecified atom stereocenters. The molecule has 2 heterocycles. The minimum absolute atomic E-state index is 0.0633. The molecule has 0 saturated carbocycles. The van der Waals surface area contributed by atoms with Crippen LogP contribution in [0.1, 0.15) is 32.3 Å². The van der Waals surface area contributed by atoms with Crippen molar-refractivity contribution >= 4 is 33.6 Å². The number of aromatic hydroxyl groups is 1. The average molecular weight is 418 g/mol. The fraction of sp³-hybridized carbons (Fsp3) is 0.588. The first kappa shape index (κ1) is 20.2. The topological polar surface area (TPSA) is 98.7 Å². The monoisotopic (exact) mass is 417 g/mol. The first-order valence-electron chi connectivity index (χ1n) is 8.96. The predicted octanol–water partition coefficient (Wildman–Crippen LogP) is 1.75. The van der Waals surface area contributed by atoms with E-state index in [9.17, 15) is 18.3 Å². The van der Waals surface area contributed by atoms with Gasteiger partial charge in [0.15, 0.2) is 5.82 Å². The van der Waals surface area contributed by atoms with E-state index in [0.29, 0.717) is 27.1 Å². The van der Waals surface area contributed by atoms with Crippen molar-refractivity contribution in [3.8, 4) is 5.75 Å². The molecule has 1 fully saturated rings. The van der Waals surface area contributed by atoms with E-state index >= 15 is 4.39 Å². The third-order valence-electron chi connectivity index (χ3n) is 5.01. The number of nitrogens with one attached hydrogen (secondary N) is 2. The number of benzene rings is 1. The maximum Gasteiger partial charge on any atom is 0.326 e. The summed E-state index contributed by atoms with van der Waals surface area (Å²) in [6, 6.07) is 1.44. The largest absolute Gasteiger partial charge is 0.506 e. The Morgan fingerprint density at radius 2 is 2.26 bits per heavy atom. The van der Waals surface area contributed by atoms with E-state index in [1.165, 1.54) is 17.8 Å². The molecule has 2 atom stereocenters. The lowest BCUT2D eigenvalue weighted by Gasteiger charge is -2.28. The maximum absolute atomic E-state index is 15.2. The molecule has 0 aliphatic carbocycles. The van der Waals surface area contributed by atoms with Gasteiger partial charge in [-0.15, -0.1) is 11.8 Å². The normalized spacial score (nSPS) is 22.4. The Morgan fingerprint density at radius 1 is 1.52 bits per heavy atom. The van der Waals surface area contributed by atoms with Crippen LogP contribution in [0.4, 0.5) is 10.1 Å². The van der Waals surface area contributed by atoms with Crippen molar-refractivity contribution in [2.75, 3.05) is 23.1 Å². The number of nitrogens with zero attached hydrogens (tertiary/aromatic N) is 1. The second kappa shape index (κ2) is 7.84. The van der Waals surface area contributed by atoms with Gasteiger partial charge in [0.1, 0.15) is 18.0 Å². The molecule has 10 heteroatoms. The third kappa shape index (κ3) is 4.17. The van der Waals surface area contributed by atoms with Crippen LogP contribution in [0.5, 0.6) is 5.75 Å². The summed E-state index contributed by atoms with van der Waals surface area (Å²) in [5, 5.41) is 13.6. The molecule has 0 bridgehead atoms. The van der Waals surface area contributed by atoms with E-state index in [4.69, 9.17) is 0 Å². The summed E-state index contributed by atoms with van der Waals surface area (Å²) in [7, 11) is -4.19. The summed E-state index contributed by atoms with van der Waals surface area (Å²) in [5.41, 5.74) is -0.0948. The van der Waals surface area contributed by atoms with Crippen molar-refractivity contribution in [2.24, 2.45) is 5.92 Å². The van der Waals surface area contributed by atoms with Crippen LogP contribution in [0.25, 0.3) is 0 Å². The van der Waals surface area contributed by atoms with Crippen LogP contribution in [-0.2, 0) is 21.4 Å². The Morgan fingerprint density at radius 3 is 2.89 bits per heavy atom. The zero-order valence-corrected chi connectivity index (χ0v) is 16.9. The SMILES string of the molecule is CCC(C)CCN[C@@H]1CSc2cc(O)c(N3CC(=O)NS3(=O)=O)c(F)c2C1. The van der Waals surface area contributed by atoms with Crippen LogP contribution in [0.2, 0.25) is 0 Å². The number of phenolic OH excluding ortho intramolecular Hbond substituents is 1. The van der Waals surface area contributed by atoms with Gasteiger partial charge >= 0.3 is 10.2 Å². The Kier molecular flexibility index (Phi) is 5.87. The summed E-state index contributed by atoms with van der Waals surface area (Å²) in [6.07, 6.45) is 2.54. The van der Waals surface area contributed by atoms with Crippen LogP contribution >= 0.6 is 11.8 Å². The molecule has 0 spiro atoms. The number of hydrogen-bond donors (Lipinski definition) is 3. The van der Waals surface area contributed by atoms with Gasteiger partial charge in [-0.05, 0) is 31.4 Å². The average Bonchev–Trinajstić information content (AvgIpc) is 2.87. The van der Waals surface area contributed by atoms with Gasteiger partial charge in [-0.3, -0.25) is 4.79 Å². The smallest absolute Gasteiger partial charge is 0.326 e. The molecule has 3 N–H and O–H groups in total. The number of phenols is 1. The standard InChI is InChI=1S/C17H24FN3O4S2/c1-3-10(2)4-5-19-11-6-12-14(26-9-11)7-13(22)17(16(12)18)21-8-15(23)20-27(21,24)25/h7,10-11,19,22H,3-6,8-9H2,1-2H3,(H,20,23)/t10?,11-/m0/s1. The summed E-state index contributed by atoms with van der Waals surface area (Å²) in [4.78, 5) is 12.1. The number of anilines is 1. The van der Waals surface area contributed by atoms with Crippen molar-refractivity contribution in [2.45, 2.75) is 44.0 Å². The van der Waals surface area contributed by atoms with Gasteiger partial charge in [-0.2, -0.15) is 8.42 Å². The highest BCUT2D eigenvalue weighted by atomic mass is 32.2. The van der Waals surface area contributed by atoms with E-state index in [-0.39, 0.29) is 6.04 Å². The summed E-state index contributed by atoms with van der Waals surface area (Å²) in [5.74, 6) is -0.668. The van der Waals surface area contributed by atoms with Crippen molar-refractivity contribution < 1.29 is 22.7 Å². The molecule has 0 radical (unpaired) electrons. The van der Waals surface area contributed by atoms with E-state index in [1.807, 2.05) is 0 Å². The number of thioether (sulfide) groups is 1. The highest BCUT2D eigenvalue weighted by molar-refractivity contribution is 7.99. The van der Waals surface area contributed by atoms with Crippen molar-refractivity contribution in [1.82, 2.24) is 10.0 Å². The minimum Gasteiger partial charge on any atom is -0.506 e. The molecule has 3 rings (SSSR count). The molecule has 1 aromatic rings. The molecule has 2 aliphatic rings. The number of carbonyl (C=O) groups is 1. The Bertz CT molecular complexity index is 847. The van der Waals surface area contributed by atoms with Crippen LogP contribution < -0.4 is 14.3 Å². The first-order valence-corrected chi connectivity index (χ1v) is 11.4. The molecule has 150 valence electrons. The van der Waals surface area contributed by atoms with Crippen molar-refractivity contribution in [1.29, 1.82) is 0 Å². The van der Waals surface area contributed by atoms with Crippen LogP contribution in [0, 0.1) is 11.7 Å².